The first-order valence-electron chi connectivity index (χ1n) is 6.82. The van der Waals surface area contributed by atoms with E-state index < -0.39 is 0 Å². The Morgan fingerprint density at radius 1 is 1.29 bits per heavy atom. The lowest BCUT2D eigenvalue weighted by Crippen LogP contribution is -2.47. The van der Waals surface area contributed by atoms with E-state index in [0.717, 1.165) is 17.7 Å². The van der Waals surface area contributed by atoms with Crippen molar-refractivity contribution in [3.8, 4) is 5.75 Å². The lowest BCUT2D eigenvalue weighted by Gasteiger charge is -2.23. The van der Waals surface area contributed by atoms with Gasteiger partial charge in [0.15, 0.2) is 0 Å². The number of halogens is 2. The molecule has 0 radical (unpaired) electrons. The van der Waals surface area contributed by atoms with Crippen LogP contribution >= 0.6 is 11.6 Å². The van der Waals surface area contributed by atoms with Gasteiger partial charge in [0.2, 0.25) is 0 Å². The molecule has 0 bridgehead atoms. The predicted molar refractivity (Wildman–Crippen MR) is 80.8 cm³/mol. The third-order valence-corrected chi connectivity index (χ3v) is 4.17. The molecule has 0 fully saturated rings. The van der Waals surface area contributed by atoms with Crippen LogP contribution in [0.2, 0.25) is 5.02 Å². The van der Waals surface area contributed by atoms with Crippen molar-refractivity contribution in [2.24, 2.45) is 5.84 Å². The Labute approximate surface area is 127 Å². The normalized spacial score (nSPS) is 18.1. The van der Waals surface area contributed by atoms with Crippen molar-refractivity contribution < 1.29 is 9.13 Å². The highest BCUT2D eigenvalue weighted by molar-refractivity contribution is 6.31. The number of para-hydroxylation sites is 1. The SMILES string of the molecule is NNC(Cc1c(F)cccc1Cl)C1Cc2ccccc2O1. The maximum absolute atomic E-state index is 13.9. The summed E-state index contributed by atoms with van der Waals surface area (Å²) >= 11 is 6.08. The van der Waals surface area contributed by atoms with Crippen molar-refractivity contribution in [3.63, 3.8) is 0 Å². The monoisotopic (exact) mass is 306 g/mol. The zero-order chi connectivity index (χ0) is 14.8. The van der Waals surface area contributed by atoms with Gasteiger partial charge < -0.3 is 4.74 Å². The van der Waals surface area contributed by atoms with Gasteiger partial charge >= 0.3 is 0 Å². The second-order valence-electron chi connectivity index (χ2n) is 5.15. The molecule has 0 amide bonds. The number of hydrazine groups is 1. The van der Waals surface area contributed by atoms with Gasteiger partial charge in [-0.15, -0.1) is 0 Å². The third kappa shape index (κ3) is 2.88. The maximum Gasteiger partial charge on any atom is 0.127 e. The van der Waals surface area contributed by atoms with E-state index in [1.807, 2.05) is 24.3 Å². The molecule has 0 aromatic heterocycles. The number of rotatable bonds is 4. The average molecular weight is 307 g/mol. The minimum atomic E-state index is -0.321. The number of hydrogen-bond donors (Lipinski definition) is 2. The van der Waals surface area contributed by atoms with Crippen LogP contribution in [-0.4, -0.2) is 12.1 Å². The molecule has 0 spiro atoms. The van der Waals surface area contributed by atoms with Crippen LogP contribution in [-0.2, 0) is 12.8 Å². The van der Waals surface area contributed by atoms with Crippen LogP contribution in [0, 0.1) is 5.82 Å². The molecule has 3 rings (SSSR count). The molecule has 2 atom stereocenters. The van der Waals surface area contributed by atoms with E-state index in [-0.39, 0.29) is 18.0 Å². The molecule has 2 aromatic rings. The fraction of sp³-hybridized carbons (Fsp3) is 0.250. The van der Waals surface area contributed by atoms with Crippen LogP contribution in [0.15, 0.2) is 42.5 Å². The second kappa shape index (κ2) is 6.02. The highest BCUT2D eigenvalue weighted by Crippen LogP contribution is 2.31. The van der Waals surface area contributed by atoms with E-state index in [9.17, 15) is 4.39 Å². The zero-order valence-electron chi connectivity index (χ0n) is 11.4. The topological polar surface area (TPSA) is 47.3 Å². The lowest BCUT2D eigenvalue weighted by molar-refractivity contribution is 0.177. The number of fused-ring (bicyclic) bond motifs is 1. The minimum absolute atomic E-state index is 0.136. The minimum Gasteiger partial charge on any atom is -0.488 e. The first-order valence-corrected chi connectivity index (χ1v) is 7.20. The molecule has 21 heavy (non-hydrogen) atoms. The van der Waals surface area contributed by atoms with E-state index in [1.165, 1.54) is 6.07 Å². The highest BCUT2D eigenvalue weighted by atomic mass is 35.5. The molecule has 0 saturated heterocycles. The molecule has 2 aromatic carbocycles. The molecule has 5 heteroatoms. The number of ether oxygens (including phenoxy) is 1. The predicted octanol–water partition coefficient (Wildman–Crippen LogP) is 2.86. The first kappa shape index (κ1) is 14.3. The van der Waals surface area contributed by atoms with Gasteiger partial charge in [-0.1, -0.05) is 35.9 Å². The van der Waals surface area contributed by atoms with Crippen LogP contribution < -0.4 is 16.0 Å². The van der Waals surface area contributed by atoms with E-state index in [2.05, 4.69) is 5.43 Å². The van der Waals surface area contributed by atoms with Gasteiger partial charge in [0.1, 0.15) is 17.7 Å². The molecule has 1 aliphatic heterocycles. The Kier molecular flexibility index (Phi) is 4.10. The van der Waals surface area contributed by atoms with Gasteiger partial charge in [-0.2, -0.15) is 0 Å². The Bertz CT molecular complexity index is 605. The molecule has 3 nitrogen and oxygen atoms in total. The third-order valence-electron chi connectivity index (χ3n) is 3.82. The van der Waals surface area contributed by atoms with Gasteiger partial charge in [0, 0.05) is 17.0 Å². The van der Waals surface area contributed by atoms with E-state index in [4.69, 9.17) is 22.2 Å². The summed E-state index contributed by atoms with van der Waals surface area (Å²) in [5, 5.41) is 0.408. The van der Waals surface area contributed by atoms with E-state index >= 15 is 0 Å². The fourth-order valence-corrected chi connectivity index (χ4v) is 2.92. The van der Waals surface area contributed by atoms with Crippen LogP contribution in [0.1, 0.15) is 11.1 Å². The first-order chi connectivity index (χ1) is 10.2. The van der Waals surface area contributed by atoms with Crippen molar-refractivity contribution in [2.75, 3.05) is 0 Å². The summed E-state index contributed by atoms with van der Waals surface area (Å²) in [6.45, 7) is 0. The van der Waals surface area contributed by atoms with Crippen molar-refractivity contribution in [3.05, 3.63) is 64.4 Å². The van der Waals surface area contributed by atoms with Crippen LogP contribution in [0.5, 0.6) is 5.75 Å². The van der Waals surface area contributed by atoms with Crippen molar-refractivity contribution in [1.29, 1.82) is 0 Å². The summed E-state index contributed by atoms with van der Waals surface area (Å²) in [5.74, 6) is 6.18. The molecular weight excluding hydrogens is 291 g/mol. The summed E-state index contributed by atoms with van der Waals surface area (Å²) < 4.78 is 19.8. The Balaban J connectivity index is 1.78. The number of nitrogens with one attached hydrogen (secondary N) is 1. The lowest BCUT2D eigenvalue weighted by atomic mass is 9.98. The van der Waals surface area contributed by atoms with Gasteiger partial charge in [0.25, 0.3) is 0 Å². The average Bonchev–Trinajstić information content (AvgIpc) is 2.90. The van der Waals surface area contributed by atoms with Crippen molar-refractivity contribution in [1.82, 2.24) is 5.43 Å². The molecule has 1 aliphatic rings. The zero-order valence-corrected chi connectivity index (χ0v) is 12.1. The molecule has 0 saturated carbocycles. The van der Waals surface area contributed by atoms with Crippen LogP contribution in [0.3, 0.4) is 0 Å². The Hall–Kier alpha value is -1.62. The highest BCUT2D eigenvalue weighted by Gasteiger charge is 2.30. The standard InChI is InChI=1S/C16H16ClFN2O/c17-12-5-3-6-13(18)11(12)9-14(20-19)16-8-10-4-1-2-7-15(10)21-16/h1-7,14,16,20H,8-9,19H2. The van der Waals surface area contributed by atoms with Gasteiger partial charge in [-0.25, -0.2) is 4.39 Å². The Morgan fingerprint density at radius 2 is 2.10 bits per heavy atom. The summed E-state index contributed by atoms with van der Waals surface area (Å²) in [6.07, 6.45) is 0.987. The summed E-state index contributed by atoms with van der Waals surface area (Å²) in [7, 11) is 0. The molecule has 3 N–H and O–H groups in total. The molecule has 1 heterocycles. The van der Waals surface area contributed by atoms with Crippen molar-refractivity contribution in [2.45, 2.75) is 25.0 Å². The largest absolute Gasteiger partial charge is 0.488 e. The number of hydrogen-bond acceptors (Lipinski definition) is 3. The van der Waals surface area contributed by atoms with Crippen LogP contribution in [0.25, 0.3) is 0 Å². The molecule has 2 unspecified atom stereocenters. The fourth-order valence-electron chi connectivity index (χ4n) is 2.68. The van der Waals surface area contributed by atoms with Gasteiger partial charge in [-0.05, 0) is 30.2 Å². The summed E-state index contributed by atoms with van der Waals surface area (Å²) in [4.78, 5) is 0. The molecular formula is C16H16ClFN2O. The maximum atomic E-state index is 13.9. The Morgan fingerprint density at radius 3 is 2.81 bits per heavy atom. The van der Waals surface area contributed by atoms with Crippen molar-refractivity contribution >= 4 is 11.6 Å². The number of benzene rings is 2. The summed E-state index contributed by atoms with van der Waals surface area (Å²) in [5.41, 5.74) is 4.33. The van der Waals surface area contributed by atoms with Crippen LogP contribution in [0.4, 0.5) is 4.39 Å². The number of nitrogens with two attached hydrogens (primary N) is 1. The molecule has 0 aliphatic carbocycles. The van der Waals surface area contributed by atoms with E-state index in [0.29, 0.717) is 17.0 Å². The van der Waals surface area contributed by atoms with E-state index in [1.54, 1.807) is 12.1 Å². The van der Waals surface area contributed by atoms with Gasteiger partial charge in [0.05, 0.1) is 6.04 Å². The smallest absolute Gasteiger partial charge is 0.127 e. The van der Waals surface area contributed by atoms with Gasteiger partial charge in [-0.3, -0.25) is 11.3 Å². The quantitative estimate of drug-likeness (QED) is 0.674. The summed E-state index contributed by atoms with van der Waals surface area (Å²) in [6, 6.07) is 12.3. The molecule has 110 valence electrons. The second-order valence-corrected chi connectivity index (χ2v) is 5.55.